The standard InChI is InChI=1S/C16H19ClN2O2/c1-15(2)8-7-12(9-19-11-18)16(15,20)10-21-14-5-3-13(17)4-6-14/h3-9,11,20H,10H2,1-2H3,(H2,18,19)/b12-9+. The molecular weight excluding hydrogens is 288 g/mol. The Kier molecular flexibility index (Phi) is 4.40. The third-order valence-electron chi connectivity index (χ3n) is 3.78. The number of nitrogens with zero attached hydrogens (tertiary/aromatic N) is 1. The first-order valence-electron chi connectivity index (χ1n) is 6.63. The van der Waals surface area contributed by atoms with Crippen molar-refractivity contribution in [3.63, 3.8) is 0 Å². The molecular formula is C16H19ClN2O2. The Balaban J connectivity index is 2.19. The third kappa shape index (κ3) is 3.12. The Morgan fingerprint density at radius 2 is 2.00 bits per heavy atom. The lowest BCUT2D eigenvalue weighted by Crippen LogP contribution is -2.47. The van der Waals surface area contributed by atoms with Crippen molar-refractivity contribution in [2.75, 3.05) is 6.61 Å². The van der Waals surface area contributed by atoms with Crippen molar-refractivity contribution in [1.29, 1.82) is 0 Å². The molecule has 0 aromatic heterocycles. The van der Waals surface area contributed by atoms with E-state index in [1.807, 2.05) is 26.0 Å². The molecule has 0 spiro atoms. The van der Waals surface area contributed by atoms with Gasteiger partial charge in [0.05, 0.1) is 6.34 Å². The first kappa shape index (κ1) is 15.6. The highest BCUT2D eigenvalue weighted by Crippen LogP contribution is 2.44. The minimum Gasteiger partial charge on any atom is -0.490 e. The summed E-state index contributed by atoms with van der Waals surface area (Å²) in [6.07, 6.45) is 6.53. The zero-order valence-electron chi connectivity index (χ0n) is 12.1. The van der Waals surface area contributed by atoms with E-state index in [1.165, 1.54) is 6.34 Å². The molecule has 2 rings (SSSR count). The molecule has 0 fully saturated rings. The van der Waals surface area contributed by atoms with Crippen LogP contribution in [0.4, 0.5) is 0 Å². The van der Waals surface area contributed by atoms with E-state index < -0.39 is 11.0 Å². The average Bonchev–Trinajstić information content (AvgIpc) is 2.67. The van der Waals surface area contributed by atoms with E-state index in [4.69, 9.17) is 22.1 Å². The summed E-state index contributed by atoms with van der Waals surface area (Å²) in [6.45, 7) is 4.00. The molecule has 1 aromatic carbocycles. The fraction of sp³-hybridized carbons (Fsp3) is 0.312. The molecule has 0 saturated heterocycles. The highest BCUT2D eigenvalue weighted by Gasteiger charge is 2.48. The summed E-state index contributed by atoms with van der Waals surface area (Å²) in [7, 11) is 0. The van der Waals surface area contributed by atoms with Gasteiger partial charge >= 0.3 is 0 Å². The lowest BCUT2D eigenvalue weighted by atomic mass is 9.76. The van der Waals surface area contributed by atoms with Crippen molar-refractivity contribution in [3.8, 4) is 5.75 Å². The second-order valence-electron chi connectivity index (χ2n) is 5.54. The Labute approximate surface area is 129 Å². The Morgan fingerprint density at radius 1 is 1.33 bits per heavy atom. The molecule has 21 heavy (non-hydrogen) atoms. The molecule has 0 heterocycles. The predicted molar refractivity (Wildman–Crippen MR) is 85.6 cm³/mol. The molecule has 0 saturated carbocycles. The van der Waals surface area contributed by atoms with Gasteiger partial charge in [-0.05, 0) is 24.3 Å². The highest BCUT2D eigenvalue weighted by atomic mass is 35.5. The largest absolute Gasteiger partial charge is 0.490 e. The van der Waals surface area contributed by atoms with Gasteiger partial charge in [-0.25, -0.2) is 4.99 Å². The zero-order chi connectivity index (χ0) is 15.5. The van der Waals surface area contributed by atoms with Crippen molar-refractivity contribution >= 4 is 17.9 Å². The maximum atomic E-state index is 11.0. The number of nitrogens with two attached hydrogens (primary N) is 1. The monoisotopic (exact) mass is 306 g/mol. The van der Waals surface area contributed by atoms with Crippen LogP contribution in [0, 0.1) is 5.41 Å². The molecule has 4 nitrogen and oxygen atoms in total. The first-order valence-corrected chi connectivity index (χ1v) is 7.01. The number of ether oxygens (including phenoxy) is 1. The summed E-state index contributed by atoms with van der Waals surface area (Å²) < 4.78 is 5.72. The van der Waals surface area contributed by atoms with E-state index in [-0.39, 0.29) is 6.61 Å². The molecule has 1 unspecified atom stereocenters. The molecule has 0 radical (unpaired) electrons. The quantitative estimate of drug-likeness (QED) is 0.664. The normalized spacial score (nSPS) is 25.8. The van der Waals surface area contributed by atoms with Gasteiger partial charge in [0.2, 0.25) is 0 Å². The lowest BCUT2D eigenvalue weighted by molar-refractivity contribution is -0.0342. The van der Waals surface area contributed by atoms with E-state index in [0.29, 0.717) is 16.3 Å². The Hall–Kier alpha value is -1.78. The van der Waals surface area contributed by atoms with E-state index in [0.717, 1.165) is 0 Å². The van der Waals surface area contributed by atoms with Crippen LogP contribution in [0.15, 0.2) is 53.2 Å². The zero-order valence-corrected chi connectivity index (χ0v) is 12.8. The Morgan fingerprint density at radius 3 is 2.62 bits per heavy atom. The molecule has 1 aliphatic rings. The van der Waals surface area contributed by atoms with E-state index in [9.17, 15) is 5.11 Å². The van der Waals surface area contributed by atoms with Crippen LogP contribution in [-0.2, 0) is 0 Å². The van der Waals surface area contributed by atoms with Gasteiger partial charge in [-0.1, -0.05) is 37.6 Å². The lowest BCUT2D eigenvalue weighted by Gasteiger charge is -2.37. The molecule has 0 amide bonds. The number of hydrogen-bond acceptors (Lipinski definition) is 3. The van der Waals surface area contributed by atoms with Crippen molar-refractivity contribution < 1.29 is 9.84 Å². The van der Waals surface area contributed by atoms with Gasteiger partial charge in [0.15, 0.2) is 0 Å². The van der Waals surface area contributed by atoms with Gasteiger partial charge in [0.25, 0.3) is 0 Å². The first-order chi connectivity index (χ1) is 9.89. The molecule has 112 valence electrons. The van der Waals surface area contributed by atoms with Gasteiger partial charge < -0.3 is 15.6 Å². The molecule has 0 aliphatic heterocycles. The maximum Gasteiger partial charge on any atom is 0.133 e. The SMILES string of the molecule is CC1(C)C=C/C(=C\N=CN)C1(O)COc1ccc(Cl)cc1. The van der Waals surface area contributed by atoms with Crippen LogP contribution in [-0.4, -0.2) is 23.7 Å². The minimum absolute atomic E-state index is 0.112. The molecule has 3 N–H and O–H groups in total. The van der Waals surface area contributed by atoms with Gasteiger partial charge in [0.1, 0.15) is 18.0 Å². The van der Waals surface area contributed by atoms with E-state index in [2.05, 4.69) is 4.99 Å². The average molecular weight is 307 g/mol. The second-order valence-corrected chi connectivity index (χ2v) is 5.98. The molecule has 1 aliphatic carbocycles. The minimum atomic E-state index is -1.17. The van der Waals surface area contributed by atoms with Gasteiger partial charge in [0, 0.05) is 22.2 Å². The Bertz CT molecular complexity index is 591. The third-order valence-corrected chi connectivity index (χ3v) is 4.04. The van der Waals surface area contributed by atoms with Crippen molar-refractivity contribution in [1.82, 2.24) is 0 Å². The van der Waals surface area contributed by atoms with Crippen molar-refractivity contribution in [2.45, 2.75) is 19.4 Å². The summed E-state index contributed by atoms with van der Waals surface area (Å²) in [6, 6.07) is 7.02. The van der Waals surface area contributed by atoms with Crippen LogP contribution in [0.5, 0.6) is 5.75 Å². The topological polar surface area (TPSA) is 67.8 Å². The molecule has 1 atom stereocenters. The number of aliphatic hydroxyl groups is 1. The van der Waals surface area contributed by atoms with Crippen LogP contribution in [0.3, 0.4) is 0 Å². The van der Waals surface area contributed by atoms with Gasteiger partial charge in [-0.15, -0.1) is 0 Å². The van der Waals surface area contributed by atoms with Crippen LogP contribution < -0.4 is 10.5 Å². The predicted octanol–water partition coefficient (Wildman–Crippen LogP) is 2.92. The maximum absolute atomic E-state index is 11.0. The molecule has 0 bridgehead atoms. The molecule has 5 heteroatoms. The van der Waals surface area contributed by atoms with E-state index >= 15 is 0 Å². The second kappa shape index (κ2) is 5.92. The fourth-order valence-corrected chi connectivity index (χ4v) is 2.33. The van der Waals surface area contributed by atoms with E-state index in [1.54, 1.807) is 30.5 Å². The number of rotatable bonds is 4. The fourth-order valence-electron chi connectivity index (χ4n) is 2.21. The highest BCUT2D eigenvalue weighted by molar-refractivity contribution is 6.30. The summed E-state index contributed by atoms with van der Waals surface area (Å²) in [5.74, 6) is 0.650. The summed E-state index contributed by atoms with van der Waals surface area (Å²) in [4.78, 5) is 3.89. The number of aliphatic imine (C=N–C) groups is 1. The van der Waals surface area contributed by atoms with Crippen LogP contribution in [0.1, 0.15) is 13.8 Å². The van der Waals surface area contributed by atoms with Gasteiger partial charge in [-0.2, -0.15) is 0 Å². The number of halogens is 1. The van der Waals surface area contributed by atoms with Crippen LogP contribution in [0.25, 0.3) is 0 Å². The summed E-state index contributed by atoms with van der Waals surface area (Å²) >= 11 is 5.84. The van der Waals surface area contributed by atoms with Crippen molar-refractivity contribution in [3.05, 3.63) is 53.2 Å². The molecule has 1 aromatic rings. The van der Waals surface area contributed by atoms with Crippen LogP contribution >= 0.6 is 11.6 Å². The van der Waals surface area contributed by atoms with Gasteiger partial charge in [-0.3, -0.25) is 0 Å². The summed E-state index contributed by atoms with van der Waals surface area (Å²) in [5, 5.41) is 11.7. The number of hydrogen-bond donors (Lipinski definition) is 2. The van der Waals surface area contributed by atoms with Crippen molar-refractivity contribution in [2.24, 2.45) is 16.1 Å². The van der Waals surface area contributed by atoms with Crippen LogP contribution in [0.2, 0.25) is 5.02 Å². The number of benzene rings is 1. The smallest absolute Gasteiger partial charge is 0.133 e. The summed E-state index contributed by atoms with van der Waals surface area (Å²) in [5.41, 5.74) is 4.30.